The molecule has 0 aliphatic carbocycles. The third-order valence-corrected chi connectivity index (χ3v) is 5.86. The van der Waals surface area contributed by atoms with Crippen molar-refractivity contribution in [2.24, 2.45) is 5.92 Å². The van der Waals surface area contributed by atoms with E-state index >= 15 is 0 Å². The summed E-state index contributed by atoms with van der Waals surface area (Å²) < 4.78 is 0. The van der Waals surface area contributed by atoms with Gasteiger partial charge >= 0.3 is 0 Å². The maximum atomic E-state index is 12.8. The summed E-state index contributed by atoms with van der Waals surface area (Å²) in [5.74, 6) is -0.165. The molecule has 0 radical (unpaired) electrons. The van der Waals surface area contributed by atoms with Gasteiger partial charge in [0.1, 0.15) is 0 Å². The molecule has 1 saturated heterocycles. The summed E-state index contributed by atoms with van der Waals surface area (Å²) in [5, 5.41) is 5.89. The quantitative estimate of drug-likeness (QED) is 0.740. The Morgan fingerprint density at radius 1 is 0.968 bits per heavy atom. The van der Waals surface area contributed by atoms with Crippen LogP contribution in [0.2, 0.25) is 0 Å². The first-order valence-electron chi connectivity index (χ1n) is 10.9. The number of hydrogen-bond acceptors (Lipinski definition) is 3. The number of carbonyl (C=O) groups excluding carboxylic acids is 3. The van der Waals surface area contributed by atoms with Gasteiger partial charge in [-0.05, 0) is 69.5 Å². The first kappa shape index (κ1) is 22.5. The maximum absolute atomic E-state index is 12.8. The van der Waals surface area contributed by atoms with Crippen molar-refractivity contribution in [3.63, 3.8) is 0 Å². The van der Waals surface area contributed by atoms with E-state index in [0.717, 1.165) is 12.0 Å². The molecule has 6 nitrogen and oxygen atoms in total. The molecule has 1 aliphatic rings. The van der Waals surface area contributed by atoms with Crippen LogP contribution >= 0.6 is 0 Å². The third-order valence-electron chi connectivity index (χ3n) is 5.86. The molecule has 31 heavy (non-hydrogen) atoms. The van der Waals surface area contributed by atoms with E-state index in [4.69, 9.17) is 0 Å². The minimum absolute atomic E-state index is 0.0302. The van der Waals surface area contributed by atoms with E-state index in [1.54, 1.807) is 41.3 Å². The normalized spacial score (nSPS) is 15.3. The van der Waals surface area contributed by atoms with E-state index in [1.807, 2.05) is 32.9 Å². The Morgan fingerprint density at radius 2 is 1.55 bits per heavy atom. The van der Waals surface area contributed by atoms with Crippen molar-refractivity contribution in [1.82, 2.24) is 10.2 Å². The lowest BCUT2D eigenvalue weighted by molar-refractivity contribution is -0.126. The number of benzene rings is 2. The van der Waals surface area contributed by atoms with Gasteiger partial charge in [-0.15, -0.1) is 0 Å². The third kappa shape index (κ3) is 5.94. The van der Waals surface area contributed by atoms with Gasteiger partial charge in [0, 0.05) is 41.9 Å². The molecule has 3 rings (SSSR count). The number of hydrogen-bond donors (Lipinski definition) is 2. The molecule has 2 aromatic carbocycles. The monoisotopic (exact) mass is 421 g/mol. The predicted molar refractivity (Wildman–Crippen MR) is 122 cm³/mol. The van der Waals surface area contributed by atoms with Crippen LogP contribution in [0.4, 0.5) is 5.69 Å². The van der Waals surface area contributed by atoms with Gasteiger partial charge in [0.2, 0.25) is 5.91 Å². The van der Waals surface area contributed by atoms with Crippen molar-refractivity contribution < 1.29 is 14.4 Å². The molecule has 1 fully saturated rings. The van der Waals surface area contributed by atoms with E-state index in [1.165, 1.54) is 0 Å². The highest BCUT2D eigenvalue weighted by Crippen LogP contribution is 2.20. The molecule has 0 bridgehead atoms. The fourth-order valence-corrected chi connectivity index (χ4v) is 3.59. The number of amides is 3. The smallest absolute Gasteiger partial charge is 0.255 e. The van der Waals surface area contributed by atoms with E-state index in [9.17, 15) is 14.4 Å². The number of nitrogens with one attached hydrogen (secondary N) is 2. The van der Waals surface area contributed by atoms with E-state index in [2.05, 4.69) is 10.6 Å². The molecule has 3 amide bonds. The topological polar surface area (TPSA) is 78.5 Å². The van der Waals surface area contributed by atoms with Gasteiger partial charge in [-0.3, -0.25) is 14.4 Å². The van der Waals surface area contributed by atoms with Crippen molar-refractivity contribution >= 4 is 23.4 Å². The second kappa shape index (κ2) is 10.2. The molecular weight excluding hydrogens is 390 g/mol. The molecule has 0 saturated carbocycles. The van der Waals surface area contributed by atoms with Crippen LogP contribution in [0.15, 0.2) is 48.5 Å². The van der Waals surface area contributed by atoms with Crippen LogP contribution < -0.4 is 10.6 Å². The van der Waals surface area contributed by atoms with Gasteiger partial charge in [-0.1, -0.05) is 24.6 Å². The van der Waals surface area contributed by atoms with Crippen molar-refractivity contribution in [1.29, 1.82) is 0 Å². The lowest BCUT2D eigenvalue weighted by Crippen LogP contribution is -2.44. The highest BCUT2D eigenvalue weighted by atomic mass is 16.2. The fraction of sp³-hybridized carbons (Fsp3) is 0.400. The largest absolute Gasteiger partial charge is 0.353 e. The van der Waals surface area contributed by atoms with E-state index in [0.29, 0.717) is 42.7 Å². The highest BCUT2D eigenvalue weighted by molar-refractivity contribution is 6.04. The second-order valence-corrected chi connectivity index (χ2v) is 8.28. The minimum atomic E-state index is -0.184. The summed E-state index contributed by atoms with van der Waals surface area (Å²) in [5.41, 5.74) is 2.91. The maximum Gasteiger partial charge on any atom is 0.255 e. The number of rotatable bonds is 6. The number of likely N-dealkylation sites (tertiary alicyclic amines) is 1. The standard InChI is InChI=1S/C25H31N3O3/c1-4-18(3)26-23(29)20-13-15-28(16-14-20)25(31)21-9-11-22(12-10-21)27-24(30)19-7-5-17(2)6-8-19/h5-12,18,20H,4,13-16H2,1-3H3,(H,26,29)(H,27,30). The average molecular weight is 422 g/mol. The Morgan fingerprint density at radius 3 is 2.13 bits per heavy atom. The number of carbonyl (C=O) groups is 3. The SMILES string of the molecule is CCC(C)NC(=O)C1CCN(C(=O)c2ccc(NC(=O)c3ccc(C)cc3)cc2)CC1. The summed E-state index contributed by atoms with van der Waals surface area (Å²) >= 11 is 0. The van der Waals surface area contributed by atoms with Gasteiger partial charge in [-0.25, -0.2) is 0 Å². The molecule has 1 atom stereocenters. The van der Waals surface area contributed by atoms with Crippen LogP contribution in [0.5, 0.6) is 0 Å². The van der Waals surface area contributed by atoms with Crippen molar-refractivity contribution in [2.45, 2.75) is 46.1 Å². The molecule has 6 heteroatoms. The van der Waals surface area contributed by atoms with Gasteiger partial charge in [0.25, 0.3) is 11.8 Å². The summed E-state index contributed by atoms with van der Waals surface area (Å²) in [7, 11) is 0. The number of nitrogens with zero attached hydrogens (tertiary/aromatic N) is 1. The average Bonchev–Trinajstić information content (AvgIpc) is 2.79. The van der Waals surface area contributed by atoms with Crippen LogP contribution in [0.3, 0.4) is 0 Å². The fourth-order valence-electron chi connectivity index (χ4n) is 3.59. The van der Waals surface area contributed by atoms with Crippen LogP contribution in [-0.4, -0.2) is 41.8 Å². The molecule has 0 spiro atoms. The van der Waals surface area contributed by atoms with Crippen LogP contribution in [-0.2, 0) is 4.79 Å². The van der Waals surface area contributed by atoms with Crippen molar-refractivity contribution in [2.75, 3.05) is 18.4 Å². The van der Waals surface area contributed by atoms with Crippen molar-refractivity contribution in [3.05, 3.63) is 65.2 Å². The summed E-state index contributed by atoms with van der Waals surface area (Å²) in [4.78, 5) is 39.3. The highest BCUT2D eigenvalue weighted by Gasteiger charge is 2.28. The van der Waals surface area contributed by atoms with Gasteiger partial charge in [0.05, 0.1) is 0 Å². The van der Waals surface area contributed by atoms with E-state index < -0.39 is 0 Å². The van der Waals surface area contributed by atoms with E-state index in [-0.39, 0.29) is 29.7 Å². The molecule has 1 heterocycles. The van der Waals surface area contributed by atoms with Gasteiger partial charge in [-0.2, -0.15) is 0 Å². The van der Waals surface area contributed by atoms with Crippen LogP contribution in [0.25, 0.3) is 0 Å². The Bertz CT molecular complexity index is 914. The van der Waals surface area contributed by atoms with Crippen LogP contribution in [0.1, 0.15) is 59.4 Å². The first-order chi connectivity index (χ1) is 14.9. The zero-order valence-corrected chi connectivity index (χ0v) is 18.5. The Kier molecular flexibility index (Phi) is 7.45. The Hall–Kier alpha value is -3.15. The second-order valence-electron chi connectivity index (χ2n) is 8.28. The minimum Gasteiger partial charge on any atom is -0.353 e. The zero-order valence-electron chi connectivity index (χ0n) is 18.5. The predicted octanol–water partition coefficient (Wildman–Crippen LogP) is 4.01. The molecule has 2 aromatic rings. The molecule has 1 aliphatic heterocycles. The van der Waals surface area contributed by atoms with Gasteiger partial charge in [0.15, 0.2) is 0 Å². The number of aryl methyl sites for hydroxylation is 1. The Balaban J connectivity index is 1.53. The Labute approximate surface area is 184 Å². The number of anilines is 1. The molecule has 164 valence electrons. The summed E-state index contributed by atoms with van der Waals surface area (Å²) in [6, 6.07) is 14.5. The zero-order chi connectivity index (χ0) is 22.4. The molecule has 2 N–H and O–H groups in total. The molecular formula is C25H31N3O3. The summed E-state index contributed by atoms with van der Waals surface area (Å²) in [6.45, 7) is 7.17. The van der Waals surface area contributed by atoms with Crippen molar-refractivity contribution in [3.8, 4) is 0 Å². The number of piperidine rings is 1. The lowest BCUT2D eigenvalue weighted by atomic mass is 9.95. The summed E-state index contributed by atoms with van der Waals surface area (Å²) in [6.07, 6.45) is 2.27. The van der Waals surface area contributed by atoms with Crippen LogP contribution in [0, 0.1) is 12.8 Å². The molecule has 1 unspecified atom stereocenters. The first-order valence-corrected chi connectivity index (χ1v) is 10.9. The van der Waals surface area contributed by atoms with Gasteiger partial charge < -0.3 is 15.5 Å². The molecule has 0 aromatic heterocycles. The lowest BCUT2D eigenvalue weighted by Gasteiger charge is -2.32.